The van der Waals surface area contributed by atoms with Crippen LogP contribution in [0, 0.1) is 9.39 Å². The summed E-state index contributed by atoms with van der Waals surface area (Å²) in [5.41, 5.74) is 1.94. The summed E-state index contributed by atoms with van der Waals surface area (Å²) >= 11 is 5.74. The fourth-order valence-corrected chi connectivity index (χ4v) is 3.39. The normalized spacial score (nSPS) is 12.4. The van der Waals surface area contributed by atoms with Crippen molar-refractivity contribution in [3.05, 3.63) is 67.5 Å². The molecular formula is C16H16BrFIN. The van der Waals surface area contributed by atoms with Crippen LogP contribution in [0.2, 0.25) is 0 Å². The first-order chi connectivity index (χ1) is 9.61. The van der Waals surface area contributed by atoms with E-state index < -0.39 is 0 Å². The van der Waals surface area contributed by atoms with Gasteiger partial charge in [0.1, 0.15) is 5.82 Å². The lowest BCUT2D eigenvalue weighted by Crippen LogP contribution is -2.24. The van der Waals surface area contributed by atoms with Gasteiger partial charge in [-0.3, -0.25) is 0 Å². The average Bonchev–Trinajstić information content (AvgIpc) is 2.43. The number of hydrogen-bond acceptors (Lipinski definition) is 1. The zero-order chi connectivity index (χ0) is 14.5. The topological polar surface area (TPSA) is 12.0 Å². The molecule has 4 heteroatoms. The molecule has 0 radical (unpaired) electrons. The molecule has 1 nitrogen and oxygen atoms in total. The molecule has 1 atom stereocenters. The maximum absolute atomic E-state index is 13.9. The largest absolute Gasteiger partial charge is 0.310 e. The van der Waals surface area contributed by atoms with Crippen molar-refractivity contribution in [3.8, 4) is 0 Å². The molecule has 0 saturated carbocycles. The molecule has 0 bridgehead atoms. The zero-order valence-electron chi connectivity index (χ0n) is 11.2. The molecule has 0 aliphatic carbocycles. The third-order valence-corrected chi connectivity index (χ3v) is 4.64. The predicted octanol–water partition coefficient (Wildman–Crippen LogP) is 5.09. The third-order valence-electron chi connectivity index (χ3n) is 3.16. The molecule has 20 heavy (non-hydrogen) atoms. The minimum absolute atomic E-state index is 0.122. The Bertz CT molecular complexity index is 588. The molecule has 0 fully saturated rings. The van der Waals surface area contributed by atoms with Gasteiger partial charge in [-0.1, -0.05) is 41.1 Å². The van der Waals surface area contributed by atoms with Crippen molar-refractivity contribution in [1.82, 2.24) is 5.32 Å². The van der Waals surface area contributed by atoms with Crippen molar-refractivity contribution in [2.24, 2.45) is 0 Å². The van der Waals surface area contributed by atoms with Crippen molar-refractivity contribution in [3.63, 3.8) is 0 Å². The Morgan fingerprint density at radius 1 is 1.25 bits per heavy atom. The minimum Gasteiger partial charge on any atom is -0.310 e. The van der Waals surface area contributed by atoms with Gasteiger partial charge in [0.25, 0.3) is 0 Å². The van der Waals surface area contributed by atoms with Crippen LogP contribution in [-0.4, -0.2) is 6.54 Å². The van der Waals surface area contributed by atoms with Gasteiger partial charge in [0.05, 0.1) is 0 Å². The Morgan fingerprint density at radius 2 is 2.00 bits per heavy atom. The number of hydrogen-bond donors (Lipinski definition) is 1. The lowest BCUT2D eigenvalue weighted by atomic mass is 9.98. The molecule has 1 unspecified atom stereocenters. The van der Waals surface area contributed by atoms with Gasteiger partial charge in [-0.2, -0.15) is 0 Å². The van der Waals surface area contributed by atoms with Gasteiger partial charge in [-0.05, 0) is 70.9 Å². The number of nitrogens with one attached hydrogen (secondary N) is 1. The van der Waals surface area contributed by atoms with Gasteiger partial charge in [0.2, 0.25) is 0 Å². The zero-order valence-corrected chi connectivity index (χ0v) is 14.9. The first kappa shape index (κ1) is 15.9. The van der Waals surface area contributed by atoms with E-state index in [1.54, 1.807) is 6.07 Å². The second kappa shape index (κ2) is 7.52. The molecule has 0 aliphatic heterocycles. The third kappa shape index (κ3) is 4.02. The summed E-state index contributed by atoms with van der Waals surface area (Å²) in [4.78, 5) is 0. The molecule has 0 spiro atoms. The highest BCUT2D eigenvalue weighted by atomic mass is 127. The van der Waals surface area contributed by atoms with Crippen LogP contribution in [-0.2, 0) is 6.42 Å². The number of likely N-dealkylation sites (N-methyl/N-ethyl adjacent to an activating group) is 1. The van der Waals surface area contributed by atoms with E-state index in [0.717, 1.165) is 16.6 Å². The van der Waals surface area contributed by atoms with Crippen molar-refractivity contribution < 1.29 is 4.39 Å². The fraction of sp³-hybridized carbons (Fsp3) is 0.250. The van der Waals surface area contributed by atoms with Gasteiger partial charge >= 0.3 is 0 Å². The lowest BCUT2D eigenvalue weighted by Gasteiger charge is -2.20. The summed E-state index contributed by atoms with van der Waals surface area (Å²) in [5.74, 6) is -0.151. The number of rotatable bonds is 5. The van der Waals surface area contributed by atoms with Gasteiger partial charge in [-0.15, -0.1) is 0 Å². The van der Waals surface area contributed by atoms with E-state index in [1.807, 2.05) is 18.2 Å². The monoisotopic (exact) mass is 447 g/mol. The van der Waals surface area contributed by atoms with E-state index in [0.29, 0.717) is 6.42 Å². The van der Waals surface area contributed by atoms with Gasteiger partial charge < -0.3 is 5.32 Å². The smallest absolute Gasteiger partial charge is 0.126 e. The predicted molar refractivity (Wildman–Crippen MR) is 93.4 cm³/mol. The summed E-state index contributed by atoms with van der Waals surface area (Å²) in [7, 11) is 0. The molecule has 2 aromatic carbocycles. The summed E-state index contributed by atoms with van der Waals surface area (Å²) < 4.78 is 16.0. The summed E-state index contributed by atoms with van der Waals surface area (Å²) in [6.45, 7) is 2.92. The summed E-state index contributed by atoms with van der Waals surface area (Å²) in [6, 6.07) is 13.5. The molecule has 0 aliphatic rings. The molecule has 0 saturated heterocycles. The van der Waals surface area contributed by atoms with Crippen LogP contribution in [0.3, 0.4) is 0 Å². The Hall–Kier alpha value is -0.460. The first-order valence-corrected chi connectivity index (χ1v) is 8.40. The van der Waals surface area contributed by atoms with Crippen LogP contribution in [0.4, 0.5) is 4.39 Å². The molecule has 2 rings (SSSR count). The molecule has 106 valence electrons. The van der Waals surface area contributed by atoms with Gasteiger partial charge in [0.15, 0.2) is 0 Å². The Balaban J connectivity index is 2.30. The molecule has 0 aromatic heterocycles. The highest BCUT2D eigenvalue weighted by Crippen LogP contribution is 2.26. The molecule has 1 N–H and O–H groups in total. The molecular weight excluding hydrogens is 432 g/mol. The van der Waals surface area contributed by atoms with Gasteiger partial charge in [-0.25, -0.2) is 4.39 Å². The van der Waals surface area contributed by atoms with Crippen molar-refractivity contribution >= 4 is 38.5 Å². The van der Waals surface area contributed by atoms with E-state index in [2.05, 4.69) is 62.9 Å². The van der Waals surface area contributed by atoms with E-state index >= 15 is 0 Å². The van der Waals surface area contributed by atoms with Crippen LogP contribution >= 0.6 is 38.5 Å². The first-order valence-electron chi connectivity index (χ1n) is 6.53. The van der Waals surface area contributed by atoms with Crippen LogP contribution in [0.5, 0.6) is 0 Å². The van der Waals surface area contributed by atoms with Crippen molar-refractivity contribution in [2.45, 2.75) is 19.4 Å². The minimum atomic E-state index is -0.151. The molecule has 0 heterocycles. The Morgan fingerprint density at radius 3 is 2.70 bits per heavy atom. The van der Waals surface area contributed by atoms with E-state index in [4.69, 9.17) is 0 Å². The molecule has 0 amide bonds. The average molecular weight is 448 g/mol. The number of benzene rings is 2. The fourth-order valence-electron chi connectivity index (χ4n) is 2.22. The van der Waals surface area contributed by atoms with Crippen molar-refractivity contribution in [2.75, 3.05) is 6.54 Å². The SMILES string of the molecule is CCNC(Cc1cc(Br)ccc1F)c1ccccc1I. The lowest BCUT2D eigenvalue weighted by molar-refractivity contribution is 0.526. The quantitative estimate of drug-likeness (QED) is 0.629. The molecule has 2 aromatic rings. The van der Waals surface area contributed by atoms with Crippen LogP contribution in [0.1, 0.15) is 24.1 Å². The second-order valence-electron chi connectivity index (χ2n) is 4.57. The summed E-state index contributed by atoms with van der Waals surface area (Å²) in [5, 5.41) is 3.45. The maximum atomic E-state index is 13.9. The Labute approximate surface area is 141 Å². The summed E-state index contributed by atoms with van der Waals surface area (Å²) in [6.07, 6.45) is 0.638. The second-order valence-corrected chi connectivity index (χ2v) is 6.65. The highest BCUT2D eigenvalue weighted by molar-refractivity contribution is 14.1. The van der Waals surface area contributed by atoms with E-state index in [-0.39, 0.29) is 11.9 Å². The van der Waals surface area contributed by atoms with Crippen LogP contribution < -0.4 is 5.32 Å². The van der Waals surface area contributed by atoms with E-state index in [1.165, 1.54) is 15.2 Å². The van der Waals surface area contributed by atoms with Crippen LogP contribution in [0.25, 0.3) is 0 Å². The Kier molecular flexibility index (Phi) is 5.99. The van der Waals surface area contributed by atoms with E-state index in [9.17, 15) is 4.39 Å². The van der Waals surface area contributed by atoms with Gasteiger partial charge in [0, 0.05) is 14.1 Å². The highest BCUT2D eigenvalue weighted by Gasteiger charge is 2.16. The van der Waals surface area contributed by atoms with Crippen LogP contribution in [0.15, 0.2) is 46.9 Å². The maximum Gasteiger partial charge on any atom is 0.126 e. The number of halogens is 3. The van der Waals surface area contributed by atoms with Crippen molar-refractivity contribution in [1.29, 1.82) is 0 Å². The standard InChI is InChI=1S/C16H16BrFIN/c1-2-20-16(13-5-3-4-6-15(13)19)10-11-9-12(17)7-8-14(11)18/h3-9,16,20H,2,10H2,1H3.